The molecule has 2 amide bonds. The lowest BCUT2D eigenvalue weighted by Gasteiger charge is -2.25. The van der Waals surface area contributed by atoms with Gasteiger partial charge in [0.2, 0.25) is 11.8 Å². The highest BCUT2D eigenvalue weighted by Gasteiger charge is 2.34. The molecule has 3 N–H and O–H groups in total. The zero-order chi connectivity index (χ0) is 17.9. The summed E-state index contributed by atoms with van der Waals surface area (Å²) in [4.78, 5) is 35.2. The van der Waals surface area contributed by atoms with Crippen LogP contribution in [0.1, 0.15) is 30.9 Å². The summed E-state index contributed by atoms with van der Waals surface area (Å²) < 4.78 is 0. The molecular weight excluding hydrogens is 308 g/mol. The van der Waals surface area contributed by atoms with E-state index in [4.69, 9.17) is 0 Å². The van der Waals surface area contributed by atoms with Gasteiger partial charge < -0.3 is 15.7 Å². The SMILES string of the molecule is CC(=O)Nc1c(C)ccc(NC(=O)C2CC=CCC2C(=O)O)c1C. The molecule has 0 heterocycles. The van der Waals surface area contributed by atoms with E-state index >= 15 is 0 Å². The van der Waals surface area contributed by atoms with Gasteiger partial charge in [-0.3, -0.25) is 14.4 Å². The number of nitrogens with one attached hydrogen (secondary N) is 2. The van der Waals surface area contributed by atoms with Crippen LogP contribution in [-0.4, -0.2) is 22.9 Å². The number of benzene rings is 1. The number of rotatable bonds is 4. The highest BCUT2D eigenvalue weighted by molar-refractivity contribution is 5.98. The molecule has 24 heavy (non-hydrogen) atoms. The van der Waals surface area contributed by atoms with E-state index < -0.39 is 17.8 Å². The van der Waals surface area contributed by atoms with Crippen LogP contribution < -0.4 is 10.6 Å². The van der Waals surface area contributed by atoms with Gasteiger partial charge in [-0.05, 0) is 43.9 Å². The van der Waals surface area contributed by atoms with Crippen LogP contribution in [0.2, 0.25) is 0 Å². The van der Waals surface area contributed by atoms with Gasteiger partial charge in [-0.1, -0.05) is 18.2 Å². The van der Waals surface area contributed by atoms with Gasteiger partial charge in [0, 0.05) is 18.3 Å². The predicted molar refractivity (Wildman–Crippen MR) is 91.8 cm³/mol. The van der Waals surface area contributed by atoms with Crippen molar-refractivity contribution >= 4 is 29.2 Å². The van der Waals surface area contributed by atoms with Gasteiger partial charge >= 0.3 is 5.97 Å². The summed E-state index contributed by atoms with van der Waals surface area (Å²) >= 11 is 0. The van der Waals surface area contributed by atoms with Crippen LogP contribution in [0.25, 0.3) is 0 Å². The molecule has 0 spiro atoms. The summed E-state index contributed by atoms with van der Waals surface area (Å²) in [7, 11) is 0. The Morgan fingerprint density at radius 3 is 2.25 bits per heavy atom. The van der Waals surface area contributed by atoms with Crippen molar-refractivity contribution < 1.29 is 19.5 Å². The molecule has 0 radical (unpaired) electrons. The van der Waals surface area contributed by atoms with E-state index in [1.54, 1.807) is 12.1 Å². The minimum absolute atomic E-state index is 0.187. The van der Waals surface area contributed by atoms with E-state index in [1.165, 1.54) is 6.92 Å². The van der Waals surface area contributed by atoms with E-state index in [2.05, 4.69) is 10.6 Å². The fraction of sp³-hybridized carbons (Fsp3) is 0.389. The number of hydrogen-bond acceptors (Lipinski definition) is 3. The highest BCUT2D eigenvalue weighted by atomic mass is 16.4. The van der Waals surface area contributed by atoms with Crippen molar-refractivity contribution in [2.24, 2.45) is 11.8 Å². The maximum atomic E-state index is 12.6. The summed E-state index contributed by atoms with van der Waals surface area (Å²) in [5.74, 6) is -2.77. The van der Waals surface area contributed by atoms with E-state index in [-0.39, 0.29) is 11.8 Å². The van der Waals surface area contributed by atoms with E-state index in [1.807, 2.05) is 26.0 Å². The van der Waals surface area contributed by atoms with Crippen LogP contribution >= 0.6 is 0 Å². The van der Waals surface area contributed by atoms with E-state index in [9.17, 15) is 19.5 Å². The van der Waals surface area contributed by atoms with Crippen molar-refractivity contribution in [2.45, 2.75) is 33.6 Å². The van der Waals surface area contributed by atoms with Gasteiger partial charge in [-0.15, -0.1) is 0 Å². The zero-order valence-electron chi connectivity index (χ0n) is 14.1. The van der Waals surface area contributed by atoms with Crippen LogP contribution in [0, 0.1) is 25.7 Å². The molecule has 1 aromatic carbocycles. The Hall–Kier alpha value is -2.63. The molecule has 1 aliphatic rings. The Balaban J connectivity index is 2.24. The van der Waals surface area contributed by atoms with Gasteiger partial charge in [0.05, 0.1) is 11.8 Å². The molecule has 2 atom stereocenters. The summed E-state index contributed by atoms with van der Waals surface area (Å²) in [5, 5.41) is 14.9. The average molecular weight is 330 g/mol. The first-order valence-electron chi connectivity index (χ1n) is 7.87. The standard InChI is InChI=1S/C18H22N2O4/c1-10-8-9-15(11(2)16(10)19-12(3)21)20-17(22)13-6-4-5-7-14(13)18(23)24/h4-5,8-9,13-14H,6-7H2,1-3H3,(H,19,21)(H,20,22)(H,23,24). The molecular formula is C18H22N2O4. The van der Waals surface area contributed by atoms with Gasteiger partial charge in [-0.2, -0.15) is 0 Å². The zero-order valence-corrected chi connectivity index (χ0v) is 14.1. The average Bonchev–Trinajstić information content (AvgIpc) is 2.53. The lowest BCUT2D eigenvalue weighted by molar-refractivity contribution is -0.146. The Morgan fingerprint density at radius 2 is 1.67 bits per heavy atom. The lowest BCUT2D eigenvalue weighted by Crippen LogP contribution is -2.34. The molecule has 0 aromatic heterocycles. The van der Waals surface area contributed by atoms with Crippen molar-refractivity contribution in [2.75, 3.05) is 10.6 Å². The van der Waals surface area contributed by atoms with Crippen LogP contribution in [0.4, 0.5) is 11.4 Å². The third-order valence-electron chi connectivity index (χ3n) is 4.32. The summed E-state index contributed by atoms with van der Waals surface area (Å²) in [6.45, 7) is 5.11. The fourth-order valence-corrected chi connectivity index (χ4v) is 2.95. The largest absolute Gasteiger partial charge is 0.481 e. The quantitative estimate of drug-likeness (QED) is 0.740. The number of carbonyl (C=O) groups is 3. The first-order valence-corrected chi connectivity index (χ1v) is 7.87. The van der Waals surface area contributed by atoms with Gasteiger partial charge in [0.1, 0.15) is 0 Å². The molecule has 128 valence electrons. The minimum atomic E-state index is -0.959. The second-order valence-electron chi connectivity index (χ2n) is 6.09. The van der Waals surface area contributed by atoms with Crippen molar-refractivity contribution in [3.05, 3.63) is 35.4 Å². The minimum Gasteiger partial charge on any atom is -0.481 e. The van der Waals surface area contributed by atoms with Crippen LogP contribution in [0.5, 0.6) is 0 Å². The maximum absolute atomic E-state index is 12.6. The maximum Gasteiger partial charge on any atom is 0.307 e. The molecule has 1 aromatic rings. The van der Waals surface area contributed by atoms with Crippen molar-refractivity contribution in [3.8, 4) is 0 Å². The molecule has 0 bridgehead atoms. The van der Waals surface area contributed by atoms with Gasteiger partial charge in [0.25, 0.3) is 0 Å². The summed E-state index contributed by atoms with van der Waals surface area (Å²) in [6, 6.07) is 3.58. The Bertz CT molecular complexity index is 709. The van der Waals surface area contributed by atoms with Crippen molar-refractivity contribution in [1.29, 1.82) is 0 Å². The summed E-state index contributed by atoms with van der Waals surface area (Å²) in [5.41, 5.74) is 2.88. The molecule has 0 saturated carbocycles. The Labute approximate surface area is 140 Å². The van der Waals surface area contributed by atoms with E-state index in [0.717, 1.165) is 11.1 Å². The number of aryl methyl sites for hydroxylation is 1. The molecule has 1 aliphatic carbocycles. The molecule has 6 nitrogen and oxygen atoms in total. The van der Waals surface area contributed by atoms with Crippen LogP contribution in [0.3, 0.4) is 0 Å². The number of aliphatic carboxylic acids is 1. The lowest BCUT2D eigenvalue weighted by atomic mass is 9.82. The predicted octanol–water partition coefficient (Wildman–Crippen LogP) is 2.87. The van der Waals surface area contributed by atoms with Gasteiger partial charge in [0.15, 0.2) is 0 Å². The van der Waals surface area contributed by atoms with E-state index in [0.29, 0.717) is 24.2 Å². The topological polar surface area (TPSA) is 95.5 Å². The third-order valence-corrected chi connectivity index (χ3v) is 4.32. The van der Waals surface area contributed by atoms with Crippen molar-refractivity contribution in [1.82, 2.24) is 0 Å². The number of carbonyl (C=O) groups excluding carboxylic acids is 2. The second kappa shape index (κ2) is 7.29. The van der Waals surface area contributed by atoms with Crippen LogP contribution in [-0.2, 0) is 14.4 Å². The first kappa shape index (κ1) is 17.7. The number of carboxylic acid groups (broad SMARTS) is 1. The second-order valence-corrected chi connectivity index (χ2v) is 6.09. The highest BCUT2D eigenvalue weighted by Crippen LogP contribution is 2.30. The van der Waals surface area contributed by atoms with Crippen LogP contribution in [0.15, 0.2) is 24.3 Å². The fourth-order valence-electron chi connectivity index (χ4n) is 2.95. The number of allylic oxidation sites excluding steroid dienone is 2. The number of carboxylic acids is 1. The molecule has 0 aliphatic heterocycles. The number of amides is 2. The smallest absolute Gasteiger partial charge is 0.307 e. The molecule has 0 fully saturated rings. The molecule has 2 unspecified atom stereocenters. The normalized spacial score (nSPS) is 19.6. The first-order chi connectivity index (χ1) is 11.3. The molecule has 6 heteroatoms. The Kier molecular flexibility index (Phi) is 5.39. The molecule has 0 saturated heterocycles. The Morgan fingerprint density at radius 1 is 1.04 bits per heavy atom. The monoisotopic (exact) mass is 330 g/mol. The molecule has 2 rings (SSSR count). The number of hydrogen-bond donors (Lipinski definition) is 3. The third kappa shape index (κ3) is 3.82. The van der Waals surface area contributed by atoms with Crippen molar-refractivity contribution in [3.63, 3.8) is 0 Å². The summed E-state index contributed by atoms with van der Waals surface area (Å²) in [6.07, 6.45) is 4.41. The number of anilines is 2. The van der Waals surface area contributed by atoms with Gasteiger partial charge in [-0.25, -0.2) is 0 Å².